The quantitative estimate of drug-likeness (QED) is 0.777. The summed E-state index contributed by atoms with van der Waals surface area (Å²) in [6.45, 7) is 8.14. The van der Waals surface area contributed by atoms with E-state index in [4.69, 9.17) is 4.42 Å². The van der Waals surface area contributed by atoms with Crippen LogP contribution in [0.4, 0.5) is 5.82 Å². The van der Waals surface area contributed by atoms with Crippen molar-refractivity contribution >= 4 is 16.8 Å². The number of nitrogens with zero attached hydrogens (tertiary/aromatic N) is 2. The van der Waals surface area contributed by atoms with Gasteiger partial charge < -0.3 is 14.6 Å². The van der Waals surface area contributed by atoms with Crippen molar-refractivity contribution in [2.45, 2.75) is 13.8 Å². The van der Waals surface area contributed by atoms with E-state index in [1.165, 1.54) is 0 Å². The second-order valence-corrected chi connectivity index (χ2v) is 3.90. The summed E-state index contributed by atoms with van der Waals surface area (Å²) in [5.74, 6) is 1.01. The Morgan fingerprint density at radius 1 is 1.35 bits per heavy atom. The van der Waals surface area contributed by atoms with Gasteiger partial charge in [0.2, 0.25) is 0 Å². The molecule has 2 heterocycles. The highest BCUT2D eigenvalue weighted by Crippen LogP contribution is 2.24. The maximum atomic E-state index is 5.40. The third kappa shape index (κ3) is 2.58. The molecule has 2 aromatic heterocycles. The Balaban J connectivity index is 2.20. The van der Waals surface area contributed by atoms with E-state index >= 15 is 0 Å². The Kier molecular flexibility index (Phi) is 3.98. The van der Waals surface area contributed by atoms with Gasteiger partial charge in [-0.2, -0.15) is 0 Å². The van der Waals surface area contributed by atoms with Gasteiger partial charge in [0.05, 0.1) is 11.6 Å². The van der Waals surface area contributed by atoms with Crippen LogP contribution in [0.2, 0.25) is 0 Å². The molecule has 0 unspecified atom stereocenters. The van der Waals surface area contributed by atoms with Crippen LogP contribution in [0.1, 0.15) is 13.8 Å². The van der Waals surface area contributed by atoms with Gasteiger partial charge in [0.15, 0.2) is 0 Å². The van der Waals surface area contributed by atoms with Crippen molar-refractivity contribution in [1.29, 1.82) is 0 Å². The number of aromatic nitrogens is 1. The maximum absolute atomic E-state index is 5.40. The molecule has 0 saturated heterocycles. The summed E-state index contributed by atoms with van der Waals surface area (Å²) in [7, 11) is 0. The van der Waals surface area contributed by atoms with E-state index in [0.29, 0.717) is 0 Å². The van der Waals surface area contributed by atoms with Gasteiger partial charge in [-0.1, -0.05) is 6.92 Å². The van der Waals surface area contributed by atoms with Crippen LogP contribution >= 0.6 is 0 Å². The Bertz CT molecular complexity index is 466. The Labute approximate surface area is 102 Å². The highest BCUT2D eigenvalue weighted by molar-refractivity contribution is 5.88. The number of pyridine rings is 1. The zero-order valence-electron chi connectivity index (χ0n) is 10.4. The average molecular weight is 233 g/mol. The number of anilines is 1. The third-order valence-electron chi connectivity index (χ3n) is 2.85. The van der Waals surface area contributed by atoms with E-state index in [0.717, 1.165) is 43.0 Å². The molecule has 2 rings (SSSR count). The van der Waals surface area contributed by atoms with Crippen molar-refractivity contribution in [3.05, 3.63) is 24.6 Å². The van der Waals surface area contributed by atoms with Crippen LogP contribution in [-0.2, 0) is 0 Å². The Morgan fingerprint density at radius 2 is 2.24 bits per heavy atom. The van der Waals surface area contributed by atoms with Crippen LogP contribution in [0.3, 0.4) is 0 Å². The summed E-state index contributed by atoms with van der Waals surface area (Å²) in [4.78, 5) is 6.73. The first-order valence-corrected chi connectivity index (χ1v) is 6.14. The molecule has 4 heteroatoms. The van der Waals surface area contributed by atoms with E-state index in [1.54, 1.807) is 12.5 Å². The maximum Gasteiger partial charge on any atom is 0.139 e. The first kappa shape index (κ1) is 11.9. The Morgan fingerprint density at radius 3 is 3.00 bits per heavy atom. The summed E-state index contributed by atoms with van der Waals surface area (Å²) in [5, 5.41) is 4.42. The van der Waals surface area contributed by atoms with Crippen LogP contribution in [0.25, 0.3) is 11.0 Å². The topological polar surface area (TPSA) is 41.3 Å². The smallest absolute Gasteiger partial charge is 0.139 e. The van der Waals surface area contributed by atoms with E-state index in [2.05, 4.69) is 29.0 Å². The fourth-order valence-electron chi connectivity index (χ4n) is 1.94. The fraction of sp³-hybridized carbons (Fsp3) is 0.462. The van der Waals surface area contributed by atoms with Crippen molar-refractivity contribution < 1.29 is 4.42 Å². The predicted molar refractivity (Wildman–Crippen MR) is 70.4 cm³/mol. The van der Waals surface area contributed by atoms with Gasteiger partial charge in [0, 0.05) is 25.8 Å². The number of fused-ring (bicyclic) bond motifs is 1. The molecule has 0 aliphatic heterocycles. The first-order valence-electron chi connectivity index (χ1n) is 6.14. The number of hydrogen-bond donors (Lipinski definition) is 1. The van der Waals surface area contributed by atoms with E-state index in [-0.39, 0.29) is 0 Å². The van der Waals surface area contributed by atoms with Gasteiger partial charge in [-0.05, 0) is 25.6 Å². The molecule has 0 amide bonds. The van der Waals surface area contributed by atoms with Crippen molar-refractivity contribution in [2.75, 3.05) is 31.1 Å². The fourth-order valence-corrected chi connectivity index (χ4v) is 1.94. The summed E-state index contributed by atoms with van der Waals surface area (Å²) in [6, 6.07) is 3.88. The molecule has 0 radical (unpaired) electrons. The van der Waals surface area contributed by atoms with Crippen LogP contribution in [-0.4, -0.2) is 31.2 Å². The summed E-state index contributed by atoms with van der Waals surface area (Å²) < 4.78 is 5.40. The number of furan rings is 1. The molecule has 2 aromatic rings. The molecule has 0 saturated carbocycles. The average Bonchev–Trinajstić information content (AvgIpc) is 2.83. The molecular formula is C13H19N3O. The number of nitrogens with one attached hydrogen (secondary N) is 1. The molecule has 0 bridgehead atoms. The van der Waals surface area contributed by atoms with Crippen molar-refractivity contribution in [2.24, 2.45) is 0 Å². The monoisotopic (exact) mass is 233 g/mol. The predicted octanol–water partition coefficient (Wildman–Crippen LogP) is 2.26. The highest BCUT2D eigenvalue weighted by Gasteiger charge is 2.10. The van der Waals surface area contributed by atoms with Gasteiger partial charge >= 0.3 is 0 Å². The summed E-state index contributed by atoms with van der Waals surface area (Å²) in [6.07, 6.45) is 3.52. The first-order chi connectivity index (χ1) is 8.36. The van der Waals surface area contributed by atoms with E-state index < -0.39 is 0 Å². The van der Waals surface area contributed by atoms with Crippen LogP contribution in [0, 0.1) is 0 Å². The van der Waals surface area contributed by atoms with Crippen molar-refractivity contribution in [3.63, 3.8) is 0 Å². The van der Waals surface area contributed by atoms with Crippen molar-refractivity contribution in [1.82, 2.24) is 10.3 Å². The molecule has 17 heavy (non-hydrogen) atoms. The largest absolute Gasteiger partial charge is 0.464 e. The van der Waals surface area contributed by atoms with E-state index in [1.807, 2.05) is 12.1 Å². The standard InChI is InChI=1S/C13H19N3O/c1-3-14-8-9-16(4-2)13-11-6-10-17-12(11)5-7-15-13/h5-7,10,14H,3-4,8-9H2,1-2H3. The second-order valence-electron chi connectivity index (χ2n) is 3.90. The van der Waals surface area contributed by atoms with Gasteiger partial charge in [-0.3, -0.25) is 0 Å². The minimum absolute atomic E-state index is 0.900. The summed E-state index contributed by atoms with van der Waals surface area (Å²) in [5.41, 5.74) is 0.900. The molecule has 1 N–H and O–H groups in total. The van der Waals surface area contributed by atoms with Crippen LogP contribution in [0.15, 0.2) is 29.0 Å². The lowest BCUT2D eigenvalue weighted by Gasteiger charge is -2.22. The SMILES string of the molecule is CCNCCN(CC)c1nccc2occc12. The normalized spacial score (nSPS) is 10.9. The molecule has 0 aliphatic rings. The zero-order chi connectivity index (χ0) is 12.1. The lowest BCUT2D eigenvalue weighted by atomic mass is 10.3. The molecule has 4 nitrogen and oxygen atoms in total. The number of hydrogen-bond acceptors (Lipinski definition) is 4. The minimum Gasteiger partial charge on any atom is -0.464 e. The van der Waals surface area contributed by atoms with Gasteiger partial charge in [-0.25, -0.2) is 4.98 Å². The molecule has 0 aliphatic carbocycles. The molecular weight excluding hydrogens is 214 g/mol. The minimum atomic E-state index is 0.900. The molecule has 0 spiro atoms. The van der Waals surface area contributed by atoms with Gasteiger partial charge in [-0.15, -0.1) is 0 Å². The third-order valence-corrected chi connectivity index (χ3v) is 2.85. The molecule has 0 atom stereocenters. The zero-order valence-corrected chi connectivity index (χ0v) is 10.4. The molecule has 0 fully saturated rings. The Hall–Kier alpha value is -1.55. The highest BCUT2D eigenvalue weighted by atomic mass is 16.3. The van der Waals surface area contributed by atoms with Crippen LogP contribution in [0.5, 0.6) is 0 Å². The van der Waals surface area contributed by atoms with Crippen LogP contribution < -0.4 is 10.2 Å². The van der Waals surface area contributed by atoms with Gasteiger partial charge in [0.1, 0.15) is 11.4 Å². The lowest BCUT2D eigenvalue weighted by Crippen LogP contribution is -2.32. The lowest BCUT2D eigenvalue weighted by molar-refractivity contribution is 0.615. The molecule has 0 aromatic carbocycles. The summed E-state index contributed by atoms with van der Waals surface area (Å²) >= 11 is 0. The van der Waals surface area contributed by atoms with E-state index in [9.17, 15) is 0 Å². The second kappa shape index (κ2) is 5.68. The number of rotatable bonds is 6. The molecule has 92 valence electrons. The number of likely N-dealkylation sites (N-methyl/N-ethyl adjacent to an activating group) is 2. The van der Waals surface area contributed by atoms with Crippen molar-refractivity contribution in [3.8, 4) is 0 Å². The van der Waals surface area contributed by atoms with Gasteiger partial charge in [0.25, 0.3) is 0 Å².